The van der Waals surface area contributed by atoms with Crippen LogP contribution in [0.1, 0.15) is 34.1 Å². The number of methoxy groups -OCH3 is 1. The van der Waals surface area contributed by atoms with Gasteiger partial charge in [0, 0.05) is 41.8 Å². The molecule has 1 amide bonds. The van der Waals surface area contributed by atoms with Crippen molar-refractivity contribution in [3.8, 4) is 0 Å². The zero-order chi connectivity index (χ0) is 22.0. The number of thiophene rings is 1. The van der Waals surface area contributed by atoms with E-state index in [2.05, 4.69) is 28.1 Å². The molecule has 0 radical (unpaired) electrons. The van der Waals surface area contributed by atoms with E-state index in [-0.39, 0.29) is 11.9 Å². The Balaban J connectivity index is 1.38. The molecule has 0 saturated carbocycles. The Hall–Kier alpha value is -2.09. The first kappa shape index (κ1) is 22.1. The number of rotatable bonds is 5. The van der Waals surface area contributed by atoms with Crippen LogP contribution >= 0.6 is 22.9 Å². The molecule has 2 aromatic rings. The van der Waals surface area contributed by atoms with Gasteiger partial charge in [0.15, 0.2) is 0 Å². The minimum atomic E-state index is -0.363. The van der Waals surface area contributed by atoms with Crippen LogP contribution in [-0.2, 0) is 22.4 Å². The topological polar surface area (TPSA) is 61.9 Å². The van der Waals surface area contributed by atoms with Gasteiger partial charge in [-0.25, -0.2) is 4.79 Å². The standard InChI is InChI=1S/C23H28ClN3O3S/c1-15-6-7-18-19(12-15)31-22(21(18)23(29)30-2)25-20(28)14-26-8-10-27(11-9-26)17-5-3-4-16(24)13-17/h3-5,13,15H,6-12,14H2,1-2H3,(H,25,28). The molecule has 1 saturated heterocycles. The Morgan fingerprint density at radius 3 is 2.74 bits per heavy atom. The zero-order valence-electron chi connectivity index (χ0n) is 17.9. The number of esters is 1. The van der Waals surface area contributed by atoms with E-state index in [1.807, 2.05) is 18.2 Å². The van der Waals surface area contributed by atoms with Crippen LogP contribution < -0.4 is 10.2 Å². The summed E-state index contributed by atoms with van der Waals surface area (Å²) >= 11 is 7.63. The van der Waals surface area contributed by atoms with Crippen LogP contribution in [0.5, 0.6) is 0 Å². The normalized spacial score (nSPS) is 19.1. The minimum absolute atomic E-state index is 0.0898. The van der Waals surface area contributed by atoms with E-state index in [0.29, 0.717) is 23.0 Å². The van der Waals surface area contributed by atoms with Gasteiger partial charge in [0.1, 0.15) is 5.00 Å². The van der Waals surface area contributed by atoms with Crippen molar-refractivity contribution in [3.63, 3.8) is 0 Å². The van der Waals surface area contributed by atoms with Crippen molar-refractivity contribution in [1.82, 2.24) is 4.90 Å². The van der Waals surface area contributed by atoms with Gasteiger partial charge in [-0.3, -0.25) is 9.69 Å². The van der Waals surface area contributed by atoms with E-state index in [1.54, 1.807) is 0 Å². The maximum atomic E-state index is 12.8. The largest absolute Gasteiger partial charge is 0.465 e. The first-order valence-corrected chi connectivity index (χ1v) is 11.9. The number of benzene rings is 1. The van der Waals surface area contributed by atoms with Gasteiger partial charge in [-0.2, -0.15) is 0 Å². The highest BCUT2D eigenvalue weighted by Gasteiger charge is 2.29. The molecule has 1 atom stereocenters. The summed E-state index contributed by atoms with van der Waals surface area (Å²) in [6, 6.07) is 7.86. The Bertz CT molecular complexity index is 969. The van der Waals surface area contributed by atoms with Crippen molar-refractivity contribution in [3.05, 3.63) is 45.3 Å². The highest BCUT2D eigenvalue weighted by molar-refractivity contribution is 7.17. The van der Waals surface area contributed by atoms with E-state index < -0.39 is 0 Å². The van der Waals surface area contributed by atoms with Crippen LogP contribution in [-0.4, -0.2) is 56.6 Å². The summed E-state index contributed by atoms with van der Waals surface area (Å²) in [6.07, 6.45) is 2.86. The van der Waals surface area contributed by atoms with Gasteiger partial charge >= 0.3 is 5.97 Å². The number of ether oxygens (including phenoxy) is 1. The second kappa shape index (κ2) is 9.59. The Labute approximate surface area is 192 Å². The lowest BCUT2D eigenvalue weighted by molar-refractivity contribution is -0.117. The molecular weight excluding hydrogens is 434 g/mol. The van der Waals surface area contributed by atoms with Crippen LogP contribution in [0.4, 0.5) is 10.7 Å². The highest BCUT2D eigenvalue weighted by atomic mass is 35.5. The van der Waals surface area contributed by atoms with Gasteiger partial charge in [-0.05, 0) is 48.9 Å². The van der Waals surface area contributed by atoms with Crippen LogP contribution in [0.15, 0.2) is 24.3 Å². The molecule has 1 aliphatic carbocycles. The second-order valence-corrected chi connectivity index (χ2v) is 9.88. The van der Waals surface area contributed by atoms with E-state index in [9.17, 15) is 9.59 Å². The molecular formula is C23H28ClN3O3S. The molecule has 1 N–H and O–H groups in total. The second-order valence-electron chi connectivity index (χ2n) is 8.34. The molecule has 2 heterocycles. The highest BCUT2D eigenvalue weighted by Crippen LogP contribution is 2.40. The van der Waals surface area contributed by atoms with E-state index in [1.165, 1.54) is 23.3 Å². The maximum Gasteiger partial charge on any atom is 0.341 e. The number of fused-ring (bicyclic) bond motifs is 1. The molecule has 0 spiro atoms. The number of carbonyl (C=O) groups is 2. The molecule has 1 aliphatic heterocycles. The predicted molar refractivity (Wildman–Crippen MR) is 126 cm³/mol. The summed E-state index contributed by atoms with van der Waals surface area (Å²) < 4.78 is 5.01. The van der Waals surface area contributed by atoms with Crippen molar-refractivity contribution in [1.29, 1.82) is 0 Å². The van der Waals surface area contributed by atoms with Crippen LogP contribution in [0.3, 0.4) is 0 Å². The average molecular weight is 462 g/mol. The van der Waals surface area contributed by atoms with Gasteiger partial charge in [0.25, 0.3) is 0 Å². The minimum Gasteiger partial charge on any atom is -0.465 e. The summed E-state index contributed by atoms with van der Waals surface area (Å²) in [7, 11) is 1.39. The zero-order valence-corrected chi connectivity index (χ0v) is 19.5. The molecule has 8 heteroatoms. The Morgan fingerprint density at radius 2 is 2.03 bits per heavy atom. The Kier molecular flexibility index (Phi) is 6.84. The smallest absolute Gasteiger partial charge is 0.341 e. The molecule has 2 aliphatic rings. The van der Waals surface area contributed by atoms with Crippen molar-refractivity contribution >= 4 is 45.5 Å². The van der Waals surface area contributed by atoms with Crippen LogP contribution in [0.25, 0.3) is 0 Å². The monoisotopic (exact) mass is 461 g/mol. The lowest BCUT2D eigenvalue weighted by Crippen LogP contribution is -2.48. The van der Waals surface area contributed by atoms with E-state index in [0.717, 1.165) is 61.7 Å². The maximum absolute atomic E-state index is 12.8. The number of amides is 1. The number of piperazine rings is 1. The first-order chi connectivity index (χ1) is 14.9. The number of nitrogens with one attached hydrogen (secondary N) is 1. The third-order valence-electron chi connectivity index (χ3n) is 6.07. The lowest BCUT2D eigenvalue weighted by Gasteiger charge is -2.35. The molecule has 166 valence electrons. The average Bonchev–Trinajstić information content (AvgIpc) is 3.10. The molecule has 31 heavy (non-hydrogen) atoms. The number of nitrogens with zero attached hydrogens (tertiary/aromatic N) is 2. The summed E-state index contributed by atoms with van der Waals surface area (Å²) in [5, 5.41) is 4.36. The lowest BCUT2D eigenvalue weighted by atomic mass is 9.88. The van der Waals surface area contributed by atoms with Crippen LogP contribution in [0, 0.1) is 5.92 Å². The molecule has 1 fully saturated rings. The fourth-order valence-electron chi connectivity index (χ4n) is 4.36. The van der Waals surface area contributed by atoms with Crippen molar-refractivity contribution in [2.24, 2.45) is 5.92 Å². The summed E-state index contributed by atoms with van der Waals surface area (Å²) in [4.78, 5) is 30.8. The van der Waals surface area contributed by atoms with E-state index in [4.69, 9.17) is 16.3 Å². The molecule has 4 rings (SSSR count). The van der Waals surface area contributed by atoms with Gasteiger partial charge in [0.05, 0.1) is 19.2 Å². The van der Waals surface area contributed by atoms with Gasteiger partial charge < -0.3 is 15.0 Å². The summed E-state index contributed by atoms with van der Waals surface area (Å²) in [6.45, 7) is 5.80. The van der Waals surface area contributed by atoms with Gasteiger partial charge in [0.2, 0.25) is 5.91 Å². The fraction of sp³-hybridized carbons (Fsp3) is 0.478. The van der Waals surface area contributed by atoms with Crippen molar-refractivity contribution in [2.75, 3.05) is 50.1 Å². The molecule has 1 aromatic carbocycles. The van der Waals surface area contributed by atoms with Crippen LogP contribution in [0.2, 0.25) is 5.02 Å². The molecule has 6 nitrogen and oxygen atoms in total. The molecule has 1 aromatic heterocycles. The molecule has 0 bridgehead atoms. The quantitative estimate of drug-likeness (QED) is 0.680. The third kappa shape index (κ3) is 5.05. The first-order valence-electron chi connectivity index (χ1n) is 10.7. The van der Waals surface area contributed by atoms with Gasteiger partial charge in [-0.1, -0.05) is 24.6 Å². The predicted octanol–water partition coefficient (Wildman–Crippen LogP) is 4.07. The number of hydrogen-bond acceptors (Lipinski definition) is 6. The van der Waals surface area contributed by atoms with Crippen molar-refractivity contribution in [2.45, 2.75) is 26.2 Å². The van der Waals surface area contributed by atoms with Crippen molar-refractivity contribution < 1.29 is 14.3 Å². The number of carbonyl (C=O) groups excluding carboxylic acids is 2. The van der Waals surface area contributed by atoms with E-state index >= 15 is 0 Å². The summed E-state index contributed by atoms with van der Waals surface area (Å²) in [5.41, 5.74) is 2.71. The molecule has 1 unspecified atom stereocenters. The number of anilines is 2. The fourth-order valence-corrected chi connectivity index (χ4v) is 5.96. The Morgan fingerprint density at radius 1 is 1.26 bits per heavy atom. The third-order valence-corrected chi connectivity index (χ3v) is 7.47. The summed E-state index contributed by atoms with van der Waals surface area (Å²) in [5.74, 6) is 0.140. The van der Waals surface area contributed by atoms with Gasteiger partial charge in [-0.15, -0.1) is 11.3 Å². The SMILES string of the molecule is COC(=O)c1c(NC(=O)CN2CCN(c3cccc(Cl)c3)CC2)sc2c1CCC(C)C2. The number of halogens is 1. The number of hydrogen-bond donors (Lipinski definition) is 1.